The number of anilines is 1. The summed E-state index contributed by atoms with van der Waals surface area (Å²) in [7, 11) is -4.81. The van der Waals surface area contributed by atoms with Crippen LogP contribution in [-0.4, -0.2) is 75.0 Å². The van der Waals surface area contributed by atoms with E-state index in [0.29, 0.717) is 12.8 Å². The standard InChI is InChI=1S/C56H83ClN2O8S2.Na/c1-9-42-38-48-46(40-50(42)66-7)55(11-3,12-4)52(58(48)34-23-19-15-17-21-25-36-68(60,61)62)32-30-44-28-27-29-45(54(44)57)31-33-53-56(13-5,14-6)47-41-51(67-8)43(10-2)39-49(47)59(53)35-24-20-16-18-22-26-37-69(63,64)65;/h30-33,38-41H,9-29,34-37H2,1-8H3,(H-,60,61,62,63,64,65);/q;+1/p-1. The second-order valence-electron chi connectivity index (χ2n) is 19.4. The molecule has 10 nitrogen and oxygen atoms in total. The number of allylic oxidation sites excluding steroid dienone is 8. The first-order valence-electron chi connectivity index (χ1n) is 26.2. The Labute approximate surface area is 450 Å². The Morgan fingerprint density at radius 1 is 0.657 bits per heavy atom. The summed E-state index contributed by atoms with van der Waals surface area (Å²) in [5.74, 6) is 1.30. The minimum atomic E-state index is -4.17. The maximum atomic E-state index is 11.1. The molecule has 2 aliphatic heterocycles. The number of ether oxygens (including phenoxy) is 2. The van der Waals surface area contributed by atoms with Crippen LogP contribution in [-0.2, 0) is 43.9 Å². The van der Waals surface area contributed by atoms with Gasteiger partial charge < -0.3 is 23.5 Å². The zero-order chi connectivity index (χ0) is 50.4. The fraction of sp³-hybridized carbons (Fsp3) is 0.625. The van der Waals surface area contributed by atoms with E-state index in [2.05, 4.69) is 99.6 Å². The van der Waals surface area contributed by atoms with E-state index >= 15 is 0 Å². The molecule has 70 heavy (non-hydrogen) atoms. The topological polar surface area (TPSA) is 139 Å². The molecule has 1 aliphatic carbocycles. The number of unbranched alkanes of at least 4 members (excludes halogenated alkanes) is 10. The third-order valence-electron chi connectivity index (χ3n) is 15.5. The molecular weight excluding hydrogens is 951 g/mol. The molecule has 0 unspecified atom stereocenters. The van der Waals surface area contributed by atoms with Gasteiger partial charge in [-0.25, -0.2) is 16.8 Å². The normalized spacial score (nSPS) is 17.8. The van der Waals surface area contributed by atoms with Crippen molar-refractivity contribution in [2.45, 2.75) is 187 Å². The third kappa shape index (κ3) is 14.4. The van der Waals surface area contributed by atoms with Gasteiger partial charge in [0, 0.05) is 69.6 Å². The third-order valence-corrected chi connectivity index (χ3v) is 17.6. The number of aryl methyl sites for hydroxylation is 2. The molecule has 0 atom stereocenters. The number of benzene rings is 2. The molecule has 0 amide bonds. The van der Waals surface area contributed by atoms with E-state index in [1.165, 1.54) is 45.0 Å². The summed E-state index contributed by atoms with van der Waals surface area (Å²) in [6.07, 6.45) is 27.7. The van der Waals surface area contributed by atoms with Crippen molar-refractivity contribution in [1.29, 1.82) is 0 Å². The molecule has 0 fully saturated rings. The van der Waals surface area contributed by atoms with Crippen molar-refractivity contribution in [3.8, 4) is 11.5 Å². The molecule has 3 aliphatic rings. The molecule has 0 bridgehead atoms. The summed E-state index contributed by atoms with van der Waals surface area (Å²) < 4.78 is 81.0. The zero-order valence-corrected chi connectivity index (χ0v) is 48.5. The molecule has 384 valence electrons. The van der Waals surface area contributed by atoms with Gasteiger partial charge in [0.2, 0.25) is 5.69 Å². The van der Waals surface area contributed by atoms with Gasteiger partial charge >= 0.3 is 29.6 Å². The van der Waals surface area contributed by atoms with Gasteiger partial charge in [0.15, 0.2) is 5.71 Å². The van der Waals surface area contributed by atoms with E-state index in [-0.39, 0.29) is 51.9 Å². The minimum absolute atomic E-state index is 0. The van der Waals surface area contributed by atoms with E-state index in [9.17, 15) is 25.9 Å². The largest absolute Gasteiger partial charge is 1.00 e. The van der Waals surface area contributed by atoms with Crippen LogP contribution in [0.5, 0.6) is 11.5 Å². The van der Waals surface area contributed by atoms with Gasteiger partial charge in [-0.3, -0.25) is 0 Å². The molecule has 0 aromatic heterocycles. The first kappa shape index (κ1) is 60.1. The van der Waals surface area contributed by atoms with Gasteiger partial charge in [-0.15, -0.1) is 0 Å². The van der Waals surface area contributed by atoms with E-state index < -0.39 is 20.2 Å². The number of methoxy groups -OCH3 is 2. The Balaban J connectivity index is 0.0000107. The number of hydrogen-bond acceptors (Lipinski definition) is 9. The van der Waals surface area contributed by atoms with Crippen LogP contribution in [0.2, 0.25) is 0 Å². The van der Waals surface area contributed by atoms with Crippen LogP contribution >= 0.6 is 11.6 Å². The maximum absolute atomic E-state index is 11.1. The molecule has 2 aromatic rings. The summed E-state index contributed by atoms with van der Waals surface area (Å²) in [4.78, 5) is 2.54. The summed E-state index contributed by atoms with van der Waals surface area (Å²) in [5, 5.41) is 0.829. The number of halogens is 1. The summed E-state index contributed by atoms with van der Waals surface area (Å²) in [6.45, 7) is 15.2. The number of rotatable bonds is 29. The van der Waals surface area contributed by atoms with Gasteiger partial charge in [-0.2, -0.15) is 4.58 Å². The Bertz CT molecular complexity index is 2470. The van der Waals surface area contributed by atoms with E-state index in [0.717, 1.165) is 163 Å². The van der Waals surface area contributed by atoms with Gasteiger partial charge in [0.05, 0.1) is 39.9 Å². The van der Waals surface area contributed by atoms with Crippen LogP contribution in [0.25, 0.3) is 0 Å². The molecule has 2 aromatic carbocycles. The first-order chi connectivity index (χ1) is 33.0. The van der Waals surface area contributed by atoms with Crippen molar-refractivity contribution in [2.24, 2.45) is 0 Å². The quantitative estimate of drug-likeness (QED) is 0.0337. The Morgan fingerprint density at radius 2 is 1.17 bits per heavy atom. The summed E-state index contributed by atoms with van der Waals surface area (Å²) in [5.41, 5.74) is 12.0. The Hall–Kier alpha value is -2.42. The van der Waals surface area contributed by atoms with Crippen molar-refractivity contribution in [3.63, 3.8) is 0 Å². The number of nitrogens with zero attached hydrogens (tertiary/aromatic N) is 2. The van der Waals surface area contributed by atoms with Gasteiger partial charge in [-0.1, -0.05) is 110 Å². The fourth-order valence-electron chi connectivity index (χ4n) is 11.5. The minimum Gasteiger partial charge on any atom is -0.748 e. The van der Waals surface area contributed by atoms with E-state index in [1.54, 1.807) is 14.2 Å². The van der Waals surface area contributed by atoms with Crippen LogP contribution in [0.15, 0.2) is 70.4 Å². The zero-order valence-electron chi connectivity index (χ0n) is 44.2. The van der Waals surface area contributed by atoms with Crippen LogP contribution in [0.1, 0.15) is 186 Å². The molecule has 5 rings (SSSR count). The smallest absolute Gasteiger partial charge is 0.748 e. The molecule has 0 N–H and O–H groups in total. The predicted octanol–water partition coefficient (Wildman–Crippen LogP) is 10.4. The molecule has 0 saturated carbocycles. The van der Waals surface area contributed by atoms with Crippen molar-refractivity contribution in [1.82, 2.24) is 0 Å². The van der Waals surface area contributed by atoms with Crippen LogP contribution in [0, 0.1) is 0 Å². The van der Waals surface area contributed by atoms with Crippen molar-refractivity contribution in [2.75, 3.05) is 43.7 Å². The molecule has 0 spiro atoms. The fourth-order valence-corrected chi connectivity index (χ4v) is 12.9. The molecule has 0 saturated heterocycles. The second-order valence-corrected chi connectivity index (χ2v) is 22.8. The van der Waals surface area contributed by atoms with Gasteiger partial charge in [0.25, 0.3) is 0 Å². The maximum Gasteiger partial charge on any atom is 1.00 e. The van der Waals surface area contributed by atoms with Crippen molar-refractivity contribution < 1.29 is 69.5 Å². The van der Waals surface area contributed by atoms with Crippen molar-refractivity contribution >= 4 is 48.9 Å². The Kier molecular flexibility index (Phi) is 23.8. The van der Waals surface area contributed by atoms with E-state index in [1.807, 2.05) is 0 Å². The average molecular weight is 1030 g/mol. The first-order valence-corrected chi connectivity index (χ1v) is 29.8. The summed E-state index contributed by atoms with van der Waals surface area (Å²) >= 11 is 7.53. The molecule has 0 radical (unpaired) electrons. The van der Waals surface area contributed by atoms with Gasteiger partial charge in [0.1, 0.15) is 18.0 Å². The number of fused-ring (bicyclic) bond motifs is 2. The van der Waals surface area contributed by atoms with Gasteiger partial charge in [-0.05, 0) is 130 Å². The van der Waals surface area contributed by atoms with E-state index in [4.69, 9.17) is 21.1 Å². The average Bonchev–Trinajstić information content (AvgIpc) is 3.74. The van der Waals surface area contributed by atoms with Crippen LogP contribution < -0.4 is 43.9 Å². The van der Waals surface area contributed by atoms with Crippen LogP contribution in [0.4, 0.5) is 11.4 Å². The van der Waals surface area contributed by atoms with Crippen LogP contribution in [0.3, 0.4) is 0 Å². The molecule has 2 heterocycles. The second kappa shape index (κ2) is 27.8. The monoisotopic (exact) mass is 1030 g/mol. The molecule has 14 heteroatoms. The SMILES string of the molecule is CCc1cc2c(cc1OC)C(CC)(CC)C(/C=C/C1=C(Cl)C(=C/C=C3\N(CCCCCCCCS(=O)(=O)[O-])c4cc(CC)c(OC)cc4C3(CC)CC)/CCC1)=[N+]2CCCCCCCCS(=O)(=O)[O-].[Na+]. The van der Waals surface area contributed by atoms with Crippen molar-refractivity contribution in [3.05, 3.63) is 92.7 Å². The summed E-state index contributed by atoms with van der Waals surface area (Å²) in [6, 6.07) is 9.24. The Morgan fingerprint density at radius 3 is 1.70 bits per heavy atom. The molecular formula is C56H82ClN2NaO8S2. The number of hydrogen-bond donors (Lipinski definition) is 0. The predicted molar refractivity (Wildman–Crippen MR) is 283 cm³/mol.